The van der Waals surface area contributed by atoms with Gasteiger partial charge in [0.2, 0.25) is 5.91 Å². The van der Waals surface area contributed by atoms with E-state index in [4.69, 9.17) is 5.11 Å². The Morgan fingerprint density at radius 2 is 1.91 bits per heavy atom. The van der Waals surface area contributed by atoms with E-state index in [2.05, 4.69) is 39.6 Å². The number of fused-ring (bicyclic) bond motifs is 1. The summed E-state index contributed by atoms with van der Waals surface area (Å²) in [4.78, 5) is 18.7. The number of aromatic amines is 1. The molecule has 1 saturated heterocycles. The molecule has 23 heavy (non-hydrogen) atoms. The van der Waals surface area contributed by atoms with Gasteiger partial charge in [-0.3, -0.25) is 4.79 Å². The molecule has 4 rings (SSSR count). The fourth-order valence-corrected chi connectivity index (χ4v) is 3.11. The van der Waals surface area contributed by atoms with Crippen molar-refractivity contribution in [3.8, 4) is 11.1 Å². The van der Waals surface area contributed by atoms with E-state index in [0.717, 1.165) is 28.7 Å². The summed E-state index contributed by atoms with van der Waals surface area (Å²) in [5.74, 6) is 0.980. The molecule has 1 aliphatic rings. The number of hydrogen-bond donors (Lipinski definition) is 3. The topological polar surface area (TPSA) is 78.0 Å². The Kier molecular flexibility index (Phi) is 3.35. The molecule has 0 saturated carbocycles. The number of aliphatic hydroxyl groups is 1. The van der Waals surface area contributed by atoms with E-state index in [1.54, 1.807) is 0 Å². The third-order valence-electron chi connectivity index (χ3n) is 4.37. The van der Waals surface area contributed by atoms with E-state index in [0.29, 0.717) is 12.2 Å². The van der Waals surface area contributed by atoms with Crippen molar-refractivity contribution in [3.05, 3.63) is 53.9 Å². The van der Waals surface area contributed by atoms with Gasteiger partial charge in [-0.15, -0.1) is 0 Å². The zero-order chi connectivity index (χ0) is 15.8. The molecule has 5 nitrogen and oxygen atoms in total. The van der Waals surface area contributed by atoms with Crippen LogP contribution in [-0.2, 0) is 11.4 Å². The van der Waals surface area contributed by atoms with Crippen LogP contribution >= 0.6 is 0 Å². The normalized spacial score (nSPS) is 17.6. The van der Waals surface area contributed by atoms with Gasteiger partial charge < -0.3 is 15.4 Å². The summed E-state index contributed by atoms with van der Waals surface area (Å²) in [5.41, 5.74) is 5.18. The third kappa shape index (κ3) is 2.59. The molecule has 3 aromatic rings. The van der Waals surface area contributed by atoms with Crippen molar-refractivity contribution in [2.75, 3.05) is 6.54 Å². The number of nitrogens with one attached hydrogen (secondary N) is 2. The smallest absolute Gasteiger partial charge is 0.220 e. The molecule has 0 spiro atoms. The van der Waals surface area contributed by atoms with Crippen molar-refractivity contribution in [1.29, 1.82) is 0 Å². The largest absolute Gasteiger partial charge is 0.388 e. The number of aliphatic hydroxyl groups excluding tert-OH is 1. The molecule has 3 N–H and O–H groups in total. The van der Waals surface area contributed by atoms with Crippen LogP contribution in [0.15, 0.2) is 42.5 Å². The summed E-state index contributed by atoms with van der Waals surface area (Å²) in [6.45, 7) is 0.634. The zero-order valence-electron chi connectivity index (χ0n) is 12.5. The summed E-state index contributed by atoms with van der Waals surface area (Å²) in [6, 6.07) is 14.4. The van der Waals surface area contributed by atoms with Crippen molar-refractivity contribution >= 4 is 16.9 Å². The first-order valence-corrected chi connectivity index (χ1v) is 7.69. The van der Waals surface area contributed by atoms with Gasteiger partial charge in [0.15, 0.2) is 0 Å². The standard InChI is InChI=1S/C18H17N3O2/c22-10-17-20-15-6-5-13(7-16(15)21-17)11-1-3-12(4-2-11)14-8-18(23)19-9-14/h1-7,14,22H,8-10H2,(H,19,23)(H,20,21). The van der Waals surface area contributed by atoms with Gasteiger partial charge in [0.05, 0.1) is 11.0 Å². The van der Waals surface area contributed by atoms with E-state index in [-0.39, 0.29) is 18.4 Å². The summed E-state index contributed by atoms with van der Waals surface area (Å²) >= 11 is 0. The van der Waals surface area contributed by atoms with E-state index in [1.807, 2.05) is 18.2 Å². The number of carbonyl (C=O) groups is 1. The van der Waals surface area contributed by atoms with Gasteiger partial charge in [-0.05, 0) is 28.8 Å². The van der Waals surface area contributed by atoms with Crippen LogP contribution in [0.2, 0.25) is 0 Å². The number of H-pyrrole nitrogens is 1. The summed E-state index contributed by atoms with van der Waals surface area (Å²) in [7, 11) is 0. The number of aromatic nitrogens is 2. The molecule has 2 heterocycles. The van der Waals surface area contributed by atoms with Crippen molar-refractivity contribution in [3.63, 3.8) is 0 Å². The minimum Gasteiger partial charge on any atom is -0.388 e. The first-order chi connectivity index (χ1) is 11.2. The second-order valence-corrected chi connectivity index (χ2v) is 5.90. The summed E-state index contributed by atoms with van der Waals surface area (Å²) in [5, 5.41) is 12.0. The molecule has 5 heteroatoms. The molecular formula is C18H17N3O2. The highest BCUT2D eigenvalue weighted by molar-refractivity contribution is 5.82. The average molecular weight is 307 g/mol. The van der Waals surface area contributed by atoms with Crippen LogP contribution in [0.4, 0.5) is 0 Å². The fourth-order valence-electron chi connectivity index (χ4n) is 3.11. The average Bonchev–Trinajstić information content (AvgIpc) is 3.20. The molecule has 0 aliphatic carbocycles. The zero-order valence-corrected chi connectivity index (χ0v) is 12.5. The Morgan fingerprint density at radius 1 is 1.13 bits per heavy atom. The summed E-state index contributed by atoms with van der Waals surface area (Å²) in [6.07, 6.45) is 0.573. The quantitative estimate of drug-likeness (QED) is 0.695. The number of rotatable bonds is 3. The van der Waals surface area contributed by atoms with Gasteiger partial charge in [-0.2, -0.15) is 0 Å². The van der Waals surface area contributed by atoms with E-state index >= 15 is 0 Å². The lowest BCUT2D eigenvalue weighted by Crippen LogP contribution is -2.13. The predicted octanol–water partition coefficient (Wildman–Crippen LogP) is 2.33. The number of amides is 1. The Labute approximate surface area is 133 Å². The number of nitrogens with zero attached hydrogens (tertiary/aromatic N) is 1. The molecule has 0 radical (unpaired) electrons. The summed E-state index contributed by atoms with van der Waals surface area (Å²) < 4.78 is 0. The van der Waals surface area contributed by atoms with Crippen LogP contribution in [-0.4, -0.2) is 27.5 Å². The SMILES string of the molecule is O=C1CC(c2ccc(-c3ccc4nc(CO)[nH]c4c3)cc2)CN1. The van der Waals surface area contributed by atoms with Gasteiger partial charge in [0, 0.05) is 18.9 Å². The number of hydrogen-bond acceptors (Lipinski definition) is 3. The van der Waals surface area contributed by atoms with Crippen LogP contribution < -0.4 is 5.32 Å². The maximum atomic E-state index is 11.3. The molecule has 1 atom stereocenters. The Bertz CT molecular complexity index is 868. The van der Waals surface area contributed by atoms with Crippen LogP contribution in [0, 0.1) is 0 Å². The fraction of sp³-hybridized carbons (Fsp3) is 0.222. The van der Waals surface area contributed by atoms with Gasteiger partial charge in [0.1, 0.15) is 12.4 Å². The van der Waals surface area contributed by atoms with Crippen LogP contribution in [0.5, 0.6) is 0 Å². The van der Waals surface area contributed by atoms with Crippen molar-refractivity contribution in [1.82, 2.24) is 15.3 Å². The Balaban J connectivity index is 1.63. The number of carbonyl (C=O) groups excluding carboxylic acids is 1. The van der Waals surface area contributed by atoms with E-state index < -0.39 is 0 Å². The number of imidazole rings is 1. The van der Waals surface area contributed by atoms with Gasteiger partial charge >= 0.3 is 0 Å². The van der Waals surface area contributed by atoms with Crippen molar-refractivity contribution < 1.29 is 9.90 Å². The lowest BCUT2D eigenvalue weighted by Gasteiger charge is -2.09. The minimum absolute atomic E-state index is 0.0904. The van der Waals surface area contributed by atoms with Crippen LogP contribution in [0.1, 0.15) is 23.7 Å². The molecular weight excluding hydrogens is 290 g/mol. The van der Waals surface area contributed by atoms with Crippen LogP contribution in [0.3, 0.4) is 0 Å². The monoisotopic (exact) mass is 307 g/mol. The van der Waals surface area contributed by atoms with E-state index in [9.17, 15) is 4.79 Å². The Morgan fingerprint density at radius 3 is 2.61 bits per heavy atom. The van der Waals surface area contributed by atoms with Gasteiger partial charge in [-0.1, -0.05) is 30.3 Å². The van der Waals surface area contributed by atoms with Crippen molar-refractivity contribution in [2.24, 2.45) is 0 Å². The van der Waals surface area contributed by atoms with Crippen LogP contribution in [0.25, 0.3) is 22.2 Å². The maximum Gasteiger partial charge on any atom is 0.220 e. The maximum absolute atomic E-state index is 11.3. The van der Waals surface area contributed by atoms with E-state index in [1.165, 1.54) is 5.56 Å². The first kappa shape index (κ1) is 14.0. The lowest BCUT2D eigenvalue weighted by atomic mass is 9.95. The molecule has 0 bridgehead atoms. The molecule has 1 aromatic heterocycles. The molecule has 1 fully saturated rings. The van der Waals surface area contributed by atoms with Gasteiger partial charge in [-0.25, -0.2) is 4.98 Å². The molecule has 1 aliphatic heterocycles. The molecule has 1 unspecified atom stereocenters. The highest BCUT2D eigenvalue weighted by atomic mass is 16.3. The highest BCUT2D eigenvalue weighted by Gasteiger charge is 2.22. The molecule has 116 valence electrons. The molecule has 2 aromatic carbocycles. The predicted molar refractivity (Wildman–Crippen MR) is 87.8 cm³/mol. The second-order valence-electron chi connectivity index (χ2n) is 5.90. The van der Waals surface area contributed by atoms with Gasteiger partial charge in [0.25, 0.3) is 0 Å². The first-order valence-electron chi connectivity index (χ1n) is 7.69. The third-order valence-corrected chi connectivity index (χ3v) is 4.37. The molecule has 1 amide bonds. The van der Waals surface area contributed by atoms with Crippen molar-refractivity contribution in [2.45, 2.75) is 18.9 Å². The Hall–Kier alpha value is -2.66. The minimum atomic E-state index is -0.0904. The highest BCUT2D eigenvalue weighted by Crippen LogP contribution is 2.28. The second kappa shape index (κ2) is 5.52. The number of benzene rings is 2. The lowest BCUT2D eigenvalue weighted by molar-refractivity contribution is -0.119.